The van der Waals surface area contributed by atoms with Crippen molar-refractivity contribution in [3.63, 3.8) is 0 Å². The van der Waals surface area contributed by atoms with Crippen LogP contribution in [0.3, 0.4) is 0 Å². The first kappa shape index (κ1) is 17.5. The number of quaternary nitrogens is 1. The Kier molecular flexibility index (Phi) is 4.23. The Morgan fingerprint density at radius 3 is 2.54 bits per heavy atom. The highest BCUT2D eigenvalue weighted by molar-refractivity contribution is 5.58. The maximum Gasteiger partial charge on any atom is 0.235 e. The van der Waals surface area contributed by atoms with Crippen LogP contribution in [-0.2, 0) is 0 Å². The summed E-state index contributed by atoms with van der Waals surface area (Å²) in [5.41, 5.74) is 1.88. The first-order chi connectivity index (χ1) is 13.7. The molecule has 3 atom stereocenters. The second kappa shape index (κ2) is 6.78. The zero-order valence-electron chi connectivity index (χ0n) is 16.2. The average Bonchev–Trinajstić information content (AvgIpc) is 3.38. The van der Waals surface area contributed by atoms with E-state index in [1.165, 1.54) is 17.7 Å². The van der Waals surface area contributed by atoms with Gasteiger partial charge in [0.15, 0.2) is 23.0 Å². The Hall–Kier alpha value is -2.60. The average molecular weight is 384 g/mol. The van der Waals surface area contributed by atoms with Crippen molar-refractivity contribution in [2.75, 3.05) is 27.0 Å². The summed E-state index contributed by atoms with van der Waals surface area (Å²) in [5.74, 6) is 3.11. The molecule has 0 aromatic heterocycles. The molecule has 1 fully saturated rings. The van der Waals surface area contributed by atoms with Gasteiger partial charge >= 0.3 is 0 Å². The van der Waals surface area contributed by atoms with Crippen molar-refractivity contribution in [2.45, 2.75) is 31.9 Å². The Morgan fingerprint density at radius 1 is 1.04 bits per heavy atom. The molecule has 2 N–H and O–H groups in total. The number of hydrogen-bond donors (Lipinski definition) is 2. The molecule has 5 rings (SSSR count). The van der Waals surface area contributed by atoms with Gasteiger partial charge in [0.25, 0.3) is 0 Å². The van der Waals surface area contributed by atoms with Crippen LogP contribution in [0.1, 0.15) is 36.8 Å². The lowest BCUT2D eigenvalue weighted by Gasteiger charge is -2.40. The number of hydrogen-bond acceptors (Lipinski definition) is 5. The summed E-state index contributed by atoms with van der Waals surface area (Å²) in [4.78, 5) is 1.48. The van der Waals surface area contributed by atoms with E-state index in [4.69, 9.17) is 18.9 Å². The molecule has 0 amide bonds. The van der Waals surface area contributed by atoms with E-state index in [0.29, 0.717) is 5.75 Å². The van der Waals surface area contributed by atoms with Crippen LogP contribution in [-0.4, -0.2) is 38.3 Å². The zero-order chi connectivity index (χ0) is 19.3. The molecule has 3 aliphatic heterocycles. The van der Waals surface area contributed by atoms with Crippen LogP contribution in [0.4, 0.5) is 0 Å². The Bertz CT molecular complexity index is 893. The van der Waals surface area contributed by atoms with Crippen LogP contribution >= 0.6 is 0 Å². The van der Waals surface area contributed by atoms with Gasteiger partial charge in [0, 0.05) is 36.0 Å². The SMILES string of the molecule is COc1cccc([C@@H]2c3cc4c(cc3O[C@H]([NH+]3CCCC3)[C@@H]2C)OCO4)c1O. The molecule has 3 aliphatic rings. The van der Waals surface area contributed by atoms with Crippen LogP contribution < -0.4 is 23.8 Å². The van der Waals surface area contributed by atoms with Gasteiger partial charge in [-0.2, -0.15) is 0 Å². The molecule has 2 aromatic rings. The molecule has 0 aliphatic carbocycles. The summed E-state index contributed by atoms with van der Waals surface area (Å²) in [6.45, 7) is 4.67. The number of rotatable bonds is 3. The lowest BCUT2D eigenvalue weighted by atomic mass is 9.77. The fraction of sp³-hybridized carbons (Fsp3) is 0.455. The van der Waals surface area contributed by atoms with E-state index in [9.17, 15) is 5.11 Å². The number of aromatic hydroxyl groups is 1. The smallest absolute Gasteiger partial charge is 0.235 e. The highest BCUT2D eigenvalue weighted by atomic mass is 16.7. The van der Waals surface area contributed by atoms with E-state index < -0.39 is 0 Å². The van der Waals surface area contributed by atoms with Crippen molar-refractivity contribution < 1.29 is 29.0 Å². The predicted octanol–water partition coefficient (Wildman–Crippen LogP) is 2.29. The van der Waals surface area contributed by atoms with E-state index in [2.05, 4.69) is 6.92 Å². The van der Waals surface area contributed by atoms with Crippen molar-refractivity contribution in [2.24, 2.45) is 5.92 Å². The first-order valence-corrected chi connectivity index (χ1v) is 9.98. The lowest BCUT2D eigenvalue weighted by Crippen LogP contribution is -3.16. The Morgan fingerprint density at radius 2 is 1.79 bits per heavy atom. The van der Waals surface area contributed by atoms with Crippen LogP contribution in [0.25, 0.3) is 0 Å². The Labute approximate surface area is 164 Å². The van der Waals surface area contributed by atoms with Gasteiger partial charge in [0.05, 0.1) is 26.1 Å². The molecular formula is C22H26NO5+. The Balaban J connectivity index is 1.65. The molecule has 0 saturated carbocycles. The number of nitrogens with one attached hydrogen (secondary N) is 1. The number of phenols is 1. The van der Waals surface area contributed by atoms with Crippen LogP contribution in [0.5, 0.6) is 28.7 Å². The van der Waals surface area contributed by atoms with Gasteiger partial charge in [-0.05, 0) is 12.1 Å². The quantitative estimate of drug-likeness (QED) is 0.850. The topological polar surface area (TPSA) is 61.6 Å². The number of phenolic OH excluding ortho intramolecular Hbond substituents is 1. The van der Waals surface area contributed by atoms with E-state index >= 15 is 0 Å². The van der Waals surface area contributed by atoms with Gasteiger partial charge < -0.3 is 24.1 Å². The highest BCUT2D eigenvalue weighted by Gasteiger charge is 2.44. The molecule has 1 saturated heterocycles. The van der Waals surface area contributed by atoms with Crippen LogP contribution in [0.2, 0.25) is 0 Å². The normalized spacial score (nSPS) is 26.0. The molecule has 0 unspecified atom stereocenters. The van der Waals surface area contributed by atoms with Crippen molar-refractivity contribution in [3.8, 4) is 28.7 Å². The molecule has 6 heteroatoms. The van der Waals surface area contributed by atoms with Crippen LogP contribution in [0.15, 0.2) is 30.3 Å². The second-order valence-electron chi connectivity index (χ2n) is 7.88. The summed E-state index contributed by atoms with van der Waals surface area (Å²) in [6, 6.07) is 9.64. The fourth-order valence-corrected chi connectivity index (χ4v) is 4.96. The molecule has 28 heavy (non-hydrogen) atoms. The summed E-state index contributed by atoms with van der Waals surface area (Å²) < 4.78 is 23.1. The van der Waals surface area contributed by atoms with E-state index in [1.807, 2.05) is 24.3 Å². The number of likely N-dealkylation sites (tertiary alicyclic amines) is 1. The van der Waals surface area contributed by atoms with E-state index in [-0.39, 0.29) is 30.6 Å². The molecule has 6 nitrogen and oxygen atoms in total. The third-order valence-corrected chi connectivity index (χ3v) is 6.33. The summed E-state index contributed by atoms with van der Waals surface area (Å²) in [7, 11) is 1.58. The largest absolute Gasteiger partial charge is 0.504 e. The third-order valence-electron chi connectivity index (χ3n) is 6.33. The van der Waals surface area contributed by atoms with Gasteiger partial charge in [-0.3, -0.25) is 4.90 Å². The first-order valence-electron chi connectivity index (χ1n) is 9.98. The second-order valence-corrected chi connectivity index (χ2v) is 7.88. The molecule has 148 valence electrons. The molecule has 3 heterocycles. The summed E-state index contributed by atoms with van der Waals surface area (Å²) in [5, 5.41) is 10.9. The summed E-state index contributed by atoms with van der Waals surface area (Å²) >= 11 is 0. The van der Waals surface area contributed by atoms with Gasteiger partial charge in [-0.25, -0.2) is 0 Å². The minimum Gasteiger partial charge on any atom is -0.504 e. The molecule has 0 bridgehead atoms. The van der Waals surface area contributed by atoms with Crippen molar-refractivity contribution in [3.05, 3.63) is 41.5 Å². The third kappa shape index (κ3) is 2.66. The number of ether oxygens (including phenoxy) is 4. The monoisotopic (exact) mass is 384 g/mol. The maximum absolute atomic E-state index is 10.9. The standard InChI is InChI=1S/C22H25NO5/c1-13-20(14-6-5-7-16(25-2)21(14)24)15-10-18-19(27-12-26-18)11-17(15)28-22(13)23-8-3-4-9-23/h5-7,10-11,13,20,22,24H,3-4,8-9,12H2,1-2H3/p+1/t13-,20-,22+/m1/s1. The highest BCUT2D eigenvalue weighted by Crippen LogP contribution is 2.51. The van der Waals surface area contributed by atoms with Gasteiger partial charge in [-0.1, -0.05) is 19.1 Å². The molecule has 0 radical (unpaired) electrons. The molecular weight excluding hydrogens is 358 g/mol. The van der Waals surface area contributed by atoms with Crippen molar-refractivity contribution in [1.29, 1.82) is 0 Å². The van der Waals surface area contributed by atoms with Gasteiger partial charge in [0.1, 0.15) is 5.75 Å². The molecule has 0 spiro atoms. The number of benzene rings is 2. The van der Waals surface area contributed by atoms with Gasteiger partial charge in [-0.15, -0.1) is 0 Å². The van der Waals surface area contributed by atoms with Crippen molar-refractivity contribution >= 4 is 0 Å². The number of fused-ring (bicyclic) bond motifs is 2. The van der Waals surface area contributed by atoms with E-state index in [1.54, 1.807) is 13.2 Å². The van der Waals surface area contributed by atoms with Gasteiger partial charge in [0.2, 0.25) is 13.0 Å². The van der Waals surface area contributed by atoms with Crippen molar-refractivity contribution in [1.82, 2.24) is 0 Å². The number of para-hydroxylation sites is 1. The molecule has 2 aromatic carbocycles. The van der Waals surface area contributed by atoms with Crippen LogP contribution in [0, 0.1) is 5.92 Å². The lowest BCUT2D eigenvalue weighted by molar-refractivity contribution is -0.937. The minimum atomic E-state index is -0.0218. The number of methoxy groups -OCH3 is 1. The maximum atomic E-state index is 10.9. The predicted molar refractivity (Wildman–Crippen MR) is 103 cm³/mol. The van der Waals surface area contributed by atoms with E-state index in [0.717, 1.165) is 41.5 Å². The fourth-order valence-electron chi connectivity index (χ4n) is 4.96. The minimum absolute atomic E-state index is 0.0218. The summed E-state index contributed by atoms with van der Waals surface area (Å²) in [6.07, 6.45) is 2.49. The zero-order valence-corrected chi connectivity index (χ0v) is 16.2.